The number of imidazole rings is 1. The number of nitrogens with zero attached hydrogens (tertiary/aromatic N) is 2. The second-order valence-electron chi connectivity index (χ2n) is 4.57. The number of hydrogen-bond acceptors (Lipinski definition) is 2. The Balaban J connectivity index is 2.60. The lowest BCUT2D eigenvalue weighted by molar-refractivity contribution is 0.503. The molecule has 1 rings (SSSR count). The van der Waals surface area contributed by atoms with Crippen molar-refractivity contribution in [3.8, 4) is 0 Å². The van der Waals surface area contributed by atoms with Crippen molar-refractivity contribution >= 4 is 5.95 Å². The van der Waals surface area contributed by atoms with E-state index in [9.17, 15) is 0 Å². The van der Waals surface area contributed by atoms with Gasteiger partial charge in [-0.15, -0.1) is 0 Å². The Morgan fingerprint density at radius 2 is 2.13 bits per heavy atom. The van der Waals surface area contributed by atoms with Gasteiger partial charge in [-0.05, 0) is 19.3 Å². The molecule has 0 aromatic carbocycles. The predicted octanol–water partition coefficient (Wildman–Crippen LogP) is 3.31. The molecule has 0 aliphatic carbocycles. The Kier molecular flexibility index (Phi) is 4.66. The van der Waals surface area contributed by atoms with E-state index in [0.717, 1.165) is 12.5 Å². The van der Waals surface area contributed by atoms with Gasteiger partial charge in [0, 0.05) is 25.0 Å². The molecule has 0 aliphatic heterocycles. The molecule has 1 atom stereocenters. The lowest BCUT2D eigenvalue weighted by atomic mass is 10.2. The average molecular weight is 209 g/mol. The van der Waals surface area contributed by atoms with Gasteiger partial charge in [0.1, 0.15) is 0 Å². The molecule has 1 heterocycles. The van der Waals surface area contributed by atoms with Crippen LogP contribution in [0.5, 0.6) is 0 Å². The molecular weight excluding hydrogens is 186 g/mol. The molecule has 0 fully saturated rings. The monoisotopic (exact) mass is 209 g/mol. The summed E-state index contributed by atoms with van der Waals surface area (Å²) in [5.74, 6) is 1.65. The highest BCUT2D eigenvalue weighted by atomic mass is 15.2. The van der Waals surface area contributed by atoms with Crippen LogP contribution in [0.3, 0.4) is 0 Å². The fraction of sp³-hybridized carbons (Fsp3) is 0.750. The normalized spacial score (nSPS) is 13.1. The third-order valence-electron chi connectivity index (χ3n) is 2.52. The lowest BCUT2D eigenvalue weighted by Gasteiger charge is -2.16. The summed E-state index contributed by atoms with van der Waals surface area (Å²) in [4.78, 5) is 4.34. The molecule has 1 aromatic rings. The van der Waals surface area contributed by atoms with Crippen LogP contribution in [0.2, 0.25) is 0 Å². The Hall–Kier alpha value is -0.990. The quantitative estimate of drug-likeness (QED) is 0.779. The molecule has 86 valence electrons. The van der Waals surface area contributed by atoms with Crippen LogP contribution >= 0.6 is 0 Å². The van der Waals surface area contributed by atoms with Crippen molar-refractivity contribution < 1.29 is 0 Å². The third-order valence-corrected chi connectivity index (χ3v) is 2.52. The minimum Gasteiger partial charge on any atom is -0.355 e. The van der Waals surface area contributed by atoms with Crippen molar-refractivity contribution in [3.05, 3.63) is 12.4 Å². The predicted molar refractivity (Wildman–Crippen MR) is 65.2 cm³/mol. The highest BCUT2D eigenvalue weighted by Gasteiger charge is 2.08. The maximum Gasteiger partial charge on any atom is 0.203 e. The van der Waals surface area contributed by atoms with E-state index in [1.807, 2.05) is 6.20 Å². The van der Waals surface area contributed by atoms with Gasteiger partial charge in [-0.1, -0.05) is 27.2 Å². The van der Waals surface area contributed by atoms with Crippen molar-refractivity contribution in [1.82, 2.24) is 9.55 Å². The fourth-order valence-corrected chi connectivity index (χ4v) is 1.66. The van der Waals surface area contributed by atoms with E-state index < -0.39 is 0 Å². The first-order valence-corrected chi connectivity index (χ1v) is 5.91. The van der Waals surface area contributed by atoms with Crippen LogP contribution in [0.4, 0.5) is 5.95 Å². The summed E-state index contributed by atoms with van der Waals surface area (Å²) in [5, 5.41) is 3.38. The standard InChI is InChI=1S/C12H23N3/c1-5-6-11(4)15-8-7-13-12(15)14-9-10(2)3/h7-8,10-11H,5-6,9H2,1-4H3,(H,13,14). The Morgan fingerprint density at radius 3 is 2.73 bits per heavy atom. The highest BCUT2D eigenvalue weighted by Crippen LogP contribution is 2.18. The first-order chi connectivity index (χ1) is 7.15. The summed E-state index contributed by atoms with van der Waals surface area (Å²) >= 11 is 0. The minimum atomic E-state index is 0.534. The fourth-order valence-electron chi connectivity index (χ4n) is 1.66. The molecule has 3 heteroatoms. The zero-order valence-electron chi connectivity index (χ0n) is 10.3. The van der Waals surface area contributed by atoms with Gasteiger partial charge in [-0.3, -0.25) is 0 Å². The molecule has 0 bridgehead atoms. The first kappa shape index (κ1) is 12.1. The van der Waals surface area contributed by atoms with E-state index in [1.54, 1.807) is 0 Å². The number of anilines is 1. The van der Waals surface area contributed by atoms with Crippen molar-refractivity contribution in [1.29, 1.82) is 0 Å². The van der Waals surface area contributed by atoms with Crippen molar-refractivity contribution in [2.45, 2.75) is 46.6 Å². The SMILES string of the molecule is CCCC(C)n1ccnc1NCC(C)C. The van der Waals surface area contributed by atoms with Gasteiger partial charge in [0.2, 0.25) is 5.95 Å². The molecule has 3 nitrogen and oxygen atoms in total. The van der Waals surface area contributed by atoms with E-state index in [2.05, 4.69) is 48.8 Å². The molecule has 1 N–H and O–H groups in total. The summed E-state index contributed by atoms with van der Waals surface area (Å²) in [5.41, 5.74) is 0. The molecule has 0 aliphatic rings. The Bertz CT molecular complexity index is 278. The summed E-state index contributed by atoms with van der Waals surface area (Å²) in [7, 11) is 0. The maximum atomic E-state index is 4.34. The molecule has 0 saturated carbocycles. The third kappa shape index (κ3) is 3.57. The average Bonchev–Trinajstić information content (AvgIpc) is 2.62. The smallest absolute Gasteiger partial charge is 0.203 e. The summed E-state index contributed by atoms with van der Waals surface area (Å²) < 4.78 is 2.23. The summed E-state index contributed by atoms with van der Waals surface area (Å²) in [6.45, 7) is 9.85. The second kappa shape index (κ2) is 5.79. The summed E-state index contributed by atoms with van der Waals surface area (Å²) in [6, 6.07) is 0.534. The van der Waals surface area contributed by atoms with Gasteiger partial charge < -0.3 is 9.88 Å². The molecule has 0 spiro atoms. The number of rotatable bonds is 6. The molecule has 1 aromatic heterocycles. The lowest BCUT2D eigenvalue weighted by Crippen LogP contribution is -2.14. The zero-order chi connectivity index (χ0) is 11.3. The van der Waals surface area contributed by atoms with Crippen LogP contribution in [0.15, 0.2) is 12.4 Å². The van der Waals surface area contributed by atoms with Crippen LogP contribution in [-0.2, 0) is 0 Å². The number of nitrogens with one attached hydrogen (secondary N) is 1. The van der Waals surface area contributed by atoms with Crippen LogP contribution in [0.1, 0.15) is 46.6 Å². The van der Waals surface area contributed by atoms with E-state index >= 15 is 0 Å². The van der Waals surface area contributed by atoms with E-state index in [1.165, 1.54) is 12.8 Å². The Morgan fingerprint density at radius 1 is 1.40 bits per heavy atom. The van der Waals surface area contributed by atoms with Crippen LogP contribution in [-0.4, -0.2) is 16.1 Å². The van der Waals surface area contributed by atoms with Crippen molar-refractivity contribution in [3.63, 3.8) is 0 Å². The Labute approximate surface area is 92.9 Å². The number of aromatic nitrogens is 2. The van der Waals surface area contributed by atoms with E-state index in [-0.39, 0.29) is 0 Å². The highest BCUT2D eigenvalue weighted by molar-refractivity contribution is 5.26. The van der Waals surface area contributed by atoms with Crippen LogP contribution < -0.4 is 5.32 Å². The maximum absolute atomic E-state index is 4.34. The van der Waals surface area contributed by atoms with E-state index in [0.29, 0.717) is 12.0 Å². The largest absolute Gasteiger partial charge is 0.355 e. The molecule has 0 saturated heterocycles. The van der Waals surface area contributed by atoms with Gasteiger partial charge in [0.05, 0.1) is 0 Å². The van der Waals surface area contributed by atoms with Gasteiger partial charge >= 0.3 is 0 Å². The summed E-state index contributed by atoms with van der Waals surface area (Å²) in [6.07, 6.45) is 6.34. The van der Waals surface area contributed by atoms with E-state index in [4.69, 9.17) is 0 Å². The zero-order valence-corrected chi connectivity index (χ0v) is 10.3. The van der Waals surface area contributed by atoms with Crippen molar-refractivity contribution in [2.75, 3.05) is 11.9 Å². The van der Waals surface area contributed by atoms with Crippen molar-refractivity contribution in [2.24, 2.45) is 5.92 Å². The minimum absolute atomic E-state index is 0.534. The molecule has 0 amide bonds. The van der Waals surface area contributed by atoms with Gasteiger partial charge in [0.25, 0.3) is 0 Å². The number of hydrogen-bond donors (Lipinski definition) is 1. The molecular formula is C12H23N3. The second-order valence-corrected chi connectivity index (χ2v) is 4.57. The molecule has 0 radical (unpaired) electrons. The van der Waals surface area contributed by atoms with Gasteiger partial charge in [-0.2, -0.15) is 0 Å². The van der Waals surface area contributed by atoms with Crippen LogP contribution in [0.25, 0.3) is 0 Å². The molecule has 1 unspecified atom stereocenters. The van der Waals surface area contributed by atoms with Gasteiger partial charge in [-0.25, -0.2) is 4.98 Å². The molecule has 15 heavy (non-hydrogen) atoms. The van der Waals surface area contributed by atoms with Crippen LogP contribution in [0, 0.1) is 5.92 Å². The topological polar surface area (TPSA) is 29.9 Å². The van der Waals surface area contributed by atoms with Gasteiger partial charge in [0.15, 0.2) is 0 Å². The first-order valence-electron chi connectivity index (χ1n) is 5.91.